The predicted octanol–water partition coefficient (Wildman–Crippen LogP) is 4.89. The van der Waals surface area contributed by atoms with Crippen LogP contribution in [0.4, 0.5) is 4.79 Å². The SMILES string of the molecule is Cc1cccc([C@H](C(C)C)[C@H](C)OC(=O)[C@H](C)NC(=O)OC(C)(C)C)c1C. The third-order valence-corrected chi connectivity index (χ3v) is 4.62. The first-order chi connectivity index (χ1) is 12.3. The normalized spacial score (nSPS) is 15.0. The number of amides is 1. The second kappa shape index (κ2) is 9.25. The van der Waals surface area contributed by atoms with Crippen molar-refractivity contribution >= 4 is 12.1 Å². The minimum absolute atomic E-state index is 0.0718. The first kappa shape index (κ1) is 23.0. The molecule has 27 heavy (non-hydrogen) atoms. The summed E-state index contributed by atoms with van der Waals surface area (Å²) >= 11 is 0. The van der Waals surface area contributed by atoms with E-state index in [1.165, 1.54) is 16.7 Å². The van der Waals surface area contributed by atoms with E-state index in [0.29, 0.717) is 5.92 Å². The maximum Gasteiger partial charge on any atom is 0.408 e. The Morgan fingerprint density at radius 1 is 1.04 bits per heavy atom. The van der Waals surface area contributed by atoms with Crippen molar-refractivity contribution in [2.24, 2.45) is 5.92 Å². The molecule has 0 aliphatic heterocycles. The number of benzene rings is 1. The molecule has 0 aliphatic rings. The minimum atomic E-state index is -0.784. The van der Waals surface area contributed by atoms with Gasteiger partial charge in [0.2, 0.25) is 0 Å². The highest BCUT2D eigenvalue weighted by molar-refractivity contribution is 5.81. The number of hydrogen-bond acceptors (Lipinski definition) is 4. The second-order valence-electron chi connectivity index (χ2n) is 8.57. The number of carbonyl (C=O) groups is 2. The summed E-state index contributed by atoms with van der Waals surface area (Å²) in [5.74, 6) is -0.102. The van der Waals surface area contributed by atoms with Gasteiger partial charge in [-0.2, -0.15) is 0 Å². The van der Waals surface area contributed by atoms with Gasteiger partial charge in [0.25, 0.3) is 0 Å². The van der Waals surface area contributed by atoms with Crippen LogP contribution in [-0.2, 0) is 14.3 Å². The molecule has 1 rings (SSSR count). The van der Waals surface area contributed by atoms with Gasteiger partial charge in [-0.15, -0.1) is 0 Å². The van der Waals surface area contributed by atoms with Gasteiger partial charge >= 0.3 is 12.1 Å². The van der Waals surface area contributed by atoms with Crippen molar-refractivity contribution in [2.45, 2.75) is 86.0 Å². The van der Waals surface area contributed by atoms with Crippen LogP contribution >= 0.6 is 0 Å². The van der Waals surface area contributed by atoms with Crippen LogP contribution in [0.5, 0.6) is 0 Å². The van der Waals surface area contributed by atoms with Gasteiger partial charge in [0.15, 0.2) is 0 Å². The van der Waals surface area contributed by atoms with Crippen LogP contribution in [0.1, 0.15) is 71.1 Å². The van der Waals surface area contributed by atoms with Crippen LogP contribution in [0.3, 0.4) is 0 Å². The number of aryl methyl sites for hydroxylation is 1. The zero-order valence-electron chi connectivity index (χ0n) is 18.2. The Morgan fingerprint density at radius 2 is 1.63 bits per heavy atom. The van der Waals surface area contributed by atoms with E-state index in [0.717, 1.165) is 0 Å². The molecule has 1 N–H and O–H groups in total. The third-order valence-electron chi connectivity index (χ3n) is 4.62. The molecule has 0 aliphatic carbocycles. The lowest BCUT2D eigenvalue weighted by molar-refractivity contribution is -0.152. The monoisotopic (exact) mass is 377 g/mol. The van der Waals surface area contributed by atoms with Crippen molar-refractivity contribution in [3.63, 3.8) is 0 Å². The molecule has 1 aromatic rings. The summed E-state index contributed by atoms with van der Waals surface area (Å²) in [5.41, 5.74) is 3.01. The topological polar surface area (TPSA) is 64.6 Å². The van der Waals surface area contributed by atoms with E-state index in [1.54, 1.807) is 27.7 Å². The fourth-order valence-corrected chi connectivity index (χ4v) is 3.19. The summed E-state index contributed by atoms with van der Waals surface area (Å²) in [5, 5.41) is 2.53. The van der Waals surface area contributed by atoms with E-state index >= 15 is 0 Å². The molecular formula is C22H35NO4. The molecular weight excluding hydrogens is 342 g/mol. The van der Waals surface area contributed by atoms with Gasteiger partial charge in [-0.25, -0.2) is 9.59 Å². The van der Waals surface area contributed by atoms with Gasteiger partial charge in [0.05, 0.1) is 0 Å². The molecule has 0 saturated heterocycles. The van der Waals surface area contributed by atoms with Gasteiger partial charge in [-0.1, -0.05) is 32.0 Å². The van der Waals surface area contributed by atoms with Crippen molar-refractivity contribution in [2.75, 3.05) is 0 Å². The third kappa shape index (κ3) is 6.89. The molecule has 0 bridgehead atoms. The van der Waals surface area contributed by atoms with Crippen molar-refractivity contribution < 1.29 is 19.1 Å². The number of nitrogens with one attached hydrogen (secondary N) is 1. The molecule has 0 aromatic heterocycles. The fraction of sp³-hybridized carbons (Fsp3) is 0.636. The summed E-state index contributed by atoms with van der Waals surface area (Å²) in [6, 6.07) is 5.43. The minimum Gasteiger partial charge on any atom is -0.460 e. The number of carbonyl (C=O) groups excluding carboxylic acids is 2. The van der Waals surface area contributed by atoms with Crippen LogP contribution in [-0.4, -0.2) is 29.8 Å². The summed E-state index contributed by atoms with van der Waals surface area (Å²) in [7, 11) is 0. The average molecular weight is 378 g/mol. The van der Waals surface area contributed by atoms with Gasteiger partial charge in [0.1, 0.15) is 17.7 Å². The summed E-state index contributed by atoms with van der Waals surface area (Å²) in [6.45, 7) is 17.3. The van der Waals surface area contributed by atoms with Crippen molar-refractivity contribution in [3.05, 3.63) is 34.9 Å². The van der Waals surface area contributed by atoms with Gasteiger partial charge in [-0.3, -0.25) is 0 Å². The average Bonchev–Trinajstić information content (AvgIpc) is 2.49. The van der Waals surface area contributed by atoms with E-state index in [2.05, 4.69) is 45.1 Å². The Kier molecular flexibility index (Phi) is 7.88. The predicted molar refractivity (Wildman–Crippen MR) is 108 cm³/mol. The highest BCUT2D eigenvalue weighted by Gasteiger charge is 2.30. The molecule has 1 aromatic carbocycles. The zero-order valence-corrected chi connectivity index (χ0v) is 18.2. The Hall–Kier alpha value is -2.04. The first-order valence-electron chi connectivity index (χ1n) is 9.59. The number of alkyl carbamates (subject to hydrolysis) is 1. The van der Waals surface area contributed by atoms with Crippen LogP contribution in [0, 0.1) is 19.8 Å². The molecule has 0 saturated carbocycles. The molecule has 0 heterocycles. The number of hydrogen-bond donors (Lipinski definition) is 1. The summed E-state index contributed by atoms with van der Waals surface area (Å²) in [4.78, 5) is 24.3. The van der Waals surface area contributed by atoms with Crippen molar-refractivity contribution in [1.82, 2.24) is 5.32 Å². The maximum absolute atomic E-state index is 12.5. The standard InChI is InChI=1S/C22H35NO4/c1-13(2)19(18-12-10-11-14(3)15(18)4)17(6)26-20(24)16(5)23-21(25)27-22(7,8)9/h10-13,16-17,19H,1-9H3,(H,23,25)/t16-,17-,19+/m0/s1. The molecule has 3 atom stereocenters. The first-order valence-corrected chi connectivity index (χ1v) is 9.59. The Bertz CT molecular complexity index is 661. The van der Waals surface area contributed by atoms with Crippen LogP contribution in [0.15, 0.2) is 18.2 Å². The smallest absolute Gasteiger partial charge is 0.408 e. The summed E-state index contributed by atoms with van der Waals surface area (Å²) < 4.78 is 10.9. The van der Waals surface area contributed by atoms with Crippen LogP contribution in [0.25, 0.3) is 0 Å². The molecule has 0 radical (unpaired) electrons. The summed E-state index contributed by atoms with van der Waals surface area (Å²) in [6.07, 6.45) is -0.949. The van der Waals surface area contributed by atoms with Crippen LogP contribution < -0.4 is 5.32 Å². The molecule has 0 spiro atoms. The fourth-order valence-electron chi connectivity index (χ4n) is 3.19. The highest BCUT2D eigenvalue weighted by atomic mass is 16.6. The lowest BCUT2D eigenvalue weighted by Gasteiger charge is -2.30. The van der Waals surface area contributed by atoms with E-state index in [1.807, 2.05) is 13.0 Å². The van der Waals surface area contributed by atoms with Crippen molar-refractivity contribution in [3.8, 4) is 0 Å². The van der Waals surface area contributed by atoms with Crippen LogP contribution in [0.2, 0.25) is 0 Å². The molecule has 5 heteroatoms. The Morgan fingerprint density at radius 3 is 2.15 bits per heavy atom. The van der Waals surface area contributed by atoms with E-state index in [-0.39, 0.29) is 12.0 Å². The Labute approximate surface area is 163 Å². The highest BCUT2D eigenvalue weighted by Crippen LogP contribution is 2.33. The lowest BCUT2D eigenvalue weighted by atomic mass is 9.81. The zero-order chi connectivity index (χ0) is 20.9. The maximum atomic E-state index is 12.5. The lowest BCUT2D eigenvalue weighted by Crippen LogP contribution is -2.43. The van der Waals surface area contributed by atoms with Gasteiger partial charge < -0.3 is 14.8 Å². The molecule has 152 valence electrons. The second-order valence-corrected chi connectivity index (χ2v) is 8.57. The molecule has 0 unspecified atom stereocenters. The van der Waals surface area contributed by atoms with E-state index < -0.39 is 23.7 Å². The quantitative estimate of drug-likeness (QED) is 0.717. The van der Waals surface area contributed by atoms with Gasteiger partial charge in [-0.05, 0) is 71.1 Å². The number of esters is 1. The molecule has 1 amide bonds. The van der Waals surface area contributed by atoms with Gasteiger partial charge in [0, 0.05) is 5.92 Å². The number of rotatable bonds is 6. The van der Waals surface area contributed by atoms with E-state index in [4.69, 9.17) is 9.47 Å². The van der Waals surface area contributed by atoms with E-state index in [9.17, 15) is 9.59 Å². The molecule has 5 nitrogen and oxygen atoms in total. The van der Waals surface area contributed by atoms with Crippen molar-refractivity contribution in [1.29, 1.82) is 0 Å². The largest absolute Gasteiger partial charge is 0.460 e. The Balaban J connectivity index is 2.84. The molecule has 0 fully saturated rings. The number of ether oxygens (including phenoxy) is 2.